The van der Waals surface area contributed by atoms with Gasteiger partial charge in [-0.1, -0.05) is 24.3 Å². The molecule has 0 aliphatic rings. The van der Waals surface area contributed by atoms with Crippen molar-refractivity contribution in [2.75, 3.05) is 4.72 Å². The van der Waals surface area contributed by atoms with Crippen molar-refractivity contribution in [3.8, 4) is 0 Å². The summed E-state index contributed by atoms with van der Waals surface area (Å²) in [7, 11) is -3.64. The standard InChI is InChI=1S/C19H18N2O3S2/c1-14(18-8-5-13-25-18)20-19(22)15-9-11-16(12-10-15)21-26(23,24)17-6-3-2-4-7-17/h2-14,21H,1H3,(H,20,22). The molecule has 1 amide bonds. The Bertz CT molecular complexity index is 967. The fourth-order valence-corrected chi connectivity index (χ4v) is 4.21. The van der Waals surface area contributed by atoms with Crippen molar-refractivity contribution in [3.63, 3.8) is 0 Å². The van der Waals surface area contributed by atoms with E-state index >= 15 is 0 Å². The number of rotatable bonds is 6. The van der Waals surface area contributed by atoms with E-state index in [1.165, 1.54) is 12.1 Å². The fourth-order valence-electron chi connectivity index (χ4n) is 2.39. The number of hydrogen-bond donors (Lipinski definition) is 2. The second-order valence-electron chi connectivity index (χ2n) is 5.71. The third kappa shape index (κ3) is 4.30. The largest absolute Gasteiger partial charge is 0.345 e. The van der Waals surface area contributed by atoms with Crippen LogP contribution < -0.4 is 10.0 Å². The van der Waals surface area contributed by atoms with Crippen molar-refractivity contribution < 1.29 is 13.2 Å². The lowest BCUT2D eigenvalue weighted by atomic mass is 10.2. The average molecular weight is 386 g/mol. The van der Waals surface area contributed by atoms with E-state index in [2.05, 4.69) is 10.0 Å². The van der Waals surface area contributed by atoms with Crippen LogP contribution in [0, 0.1) is 0 Å². The van der Waals surface area contributed by atoms with Gasteiger partial charge in [-0.3, -0.25) is 9.52 Å². The number of benzene rings is 2. The first-order valence-corrected chi connectivity index (χ1v) is 10.3. The molecule has 0 spiro atoms. The van der Waals surface area contributed by atoms with E-state index in [0.717, 1.165) is 4.88 Å². The molecule has 0 bridgehead atoms. The van der Waals surface area contributed by atoms with Crippen LogP contribution in [0.2, 0.25) is 0 Å². The molecule has 0 radical (unpaired) electrons. The minimum atomic E-state index is -3.64. The lowest BCUT2D eigenvalue weighted by molar-refractivity contribution is 0.0940. The summed E-state index contributed by atoms with van der Waals surface area (Å²) >= 11 is 1.58. The van der Waals surface area contributed by atoms with Gasteiger partial charge in [-0.2, -0.15) is 0 Å². The van der Waals surface area contributed by atoms with E-state index in [9.17, 15) is 13.2 Å². The van der Waals surface area contributed by atoms with Gasteiger partial charge in [0.15, 0.2) is 0 Å². The van der Waals surface area contributed by atoms with Crippen LogP contribution in [0.15, 0.2) is 77.0 Å². The molecule has 0 saturated carbocycles. The summed E-state index contributed by atoms with van der Waals surface area (Å²) in [6.45, 7) is 1.92. The molecule has 26 heavy (non-hydrogen) atoms. The van der Waals surface area contributed by atoms with Crippen molar-refractivity contribution in [2.24, 2.45) is 0 Å². The molecule has 5 nitrogen and oxygen atoms in total. The molecule has 134 valence electrons. The van der Waals surface area contributed by atoms with Crippen LogP contribution in [0.4, 0.5) is 5.69 Å². The molecule has 2 N–H and O–H groups in total. The molecule has 3 rings (SSSR count). The van der Waals surface area contributed by atoms with E-state index in [1.54, 1.807) is 53.8 Å². The number of thiophene rings is 1. The Balaban J connectivity index is 1.67. The van der Waals surface area contributed by atoms with E-state index in [-0.39, 0.29) is 16.8 Å². The maximum absolute atomic E-state index is 12.3. The zero-order valence-electron chi connectivity index (χ0n) is 14.0. The van der Waals surface area contributed by atoms with Crippen LogP contribution in [0.3, 0.4) is 0 Å². The quantitative estimate of drug-likeness (QED) is 0.671. The monoisotopic (exact) mass is 386 g/mol. The molecular formula is C19H18N2O3S2. The van der Waals surface area contributed by atoms with Gasteiger partial charge in [0.2, 0.25) is 0 Å². The number of anilines is 1. The highest BCUT2D eigenvalue weighted by Crippen LogP contribution is 2.20. The van der Waals surface area contributed by atoms with Crippen molar-refractivity contribution in [3.05, 3.63) is 82.6 Å². The van der Waals surface area contributed by atoms with Crippen LogP contribution >= 0.6 is 11.3 Å². The predicted molar refractivity (Wildman–Crippen MR) is 104 cm³/mol. The molecule has 1 aromatic heterocycles. The topological polar surface area (TPSA) is 75.3 Å². The van der Waals surface area contributed by atoms with Crippen molar-refractivity contribution in [1.29, 1.82) is 0 Å². The molecule has 0 aliphatic carbocycles. The van der Waals surface area contributed by atoms with Crippen LogP contribution in [0.1, 0.15) is 28.2 Å². The minimum Gasteiger partial charge on any atom is -0.345 e. The molecule has 1 atom stereocenters. The van der Waals surface area contributed by atoms with Crippen LogP contribution in [-0.4, -0.2) is 14.3 Å². The average Bonchev–Trinajstić information content (AvgIpc) is 3.17. The first-order chi connectivity index (χ1) is 12.5. The molecule has 0 fully saturated rings. The van der Waals surface area contributed by atoms with Crippen LogP contribution in [0.25, 0.3) is 0 Å². The lowest BCUT2D eigenvalue weighted by Gasteiger charge is -2.13. The SMILES string of the molecule is CC(NC(=O)c1ccc(NS(=O)(=O)c2ccccc2)cc1)c1cccs1. The van der Waals surface area contributed by atoms with Gasteiger partial charge in [-0.05, 0) is 54.8 Å². The number of carbonyl (C=O) groups is 1. The Morgan fingerprint density at radius 1 is 0.962 bits per heavy atom. The van der Waals surface area contributed by atoms with Gasteiger partial charge in [0.25, 0.3) is 15.9 Å². The second kappa shape index (κ2) is 7.72. The van der Waals surface area contributed by atoms with Gasteiger partial charge in [0.05, 0.1) is 10.9 Å². The van der Waals surface area contributed by atoms with Crippen molar-refractivity contribution >= 4 is 33.0 Å². The Morgan fingerprint density at radius 2 is 1.65 bits per heavy atom. The highest BCUT2D eigenvalue weighted by Gasteiger charge is 2.15. The number of carbonyl (C=O) groups excluding carboxylic acids is 1. The fraction of sp³-hybridized carbons (Fsp3) is 0.105. The highest BCUT2D eigenvalue weighted by atomic mass is 32.2. The smallest absolute Gasteiger partial charge is 0.261 e. The second-order valence-corrected chi connectivity index (χ2v) is 8.37. The van der Waals surface area contributed by atoms with Gasteiger partial charge in [0, 0.05) is 16.1 Å². The molecule has 3 aromatic rings. The van der Waals surface area contributed by atoms with E-state index in [0.29, 0.717) is 11.3 Å². The van der Waals surface area contributed by atoms with E-state index in [1.807, 2.05) is 24.4 Å². The maximum Gasteiger partial charge on any atom is 0.261 e. The number of amides is 1. The van der Waals surface area contributed by atoms with Gasteiger partial charge < -0.3 is 5.32 Å². The zero-order chi connectivity index (χ0) is 18.6. The zero-order valence-corrected chi connectivity index (χ0v) is 15.7. The maximum atomic E-state index is 12.3. The molecule has 1 heterocycles. The van der Waals surface area contributed by atoms with Crippen LogP contribution in [-0.2, 0) is 10.0 Å². The summed E-state index contributed by atoms with van der Waals surface area (Å²) in [6, 6.07) is 18.3. The van der Waals surface area contributed by atoms with E-state index < -0.39 is 10.0 Å². The van der Waals surface area contributed by atoms with E-state index in [4.69, 9.17) is 0 Å². The number of sulfonamides is 1. The molecule has 1 unspecified atom stereocenters. The molecule has 7 heteroatoms. The summed E-state index contributed by atoms with van der Waals surface area (Å²) in [4.78, 5) is 13.6. The van der Waals surface area contributed by atoms with Gasteiger partial charge in [-0.15, -0.1) is 11.3 Å². The van der Waals surface area contributed by atoms with Crippen molar-refractivity contribution in [1.82, 2.24) is 5.32 Å². The Kier molecular flexibility index (Phi) is 5.39. The Morgan fingerprint density at radius 3 is 2.27 bits per heavy atom. The molecule has 0 saturated heterocycles. The molecule has 0 aliphatic heterocycles. The molecular weight excluding hydrogens is 368 g/mol. The number of nitrogens with one attached hydrogen (secondary N) is 2. The first-order valence-electron chi connectivity index (χ1n) is 7.98. The van der Waals surface area contributed by atoms with Gasteiger partial charge in [0.1, 0.15) is 0 Å². The highest BCUT2D eigenvalue weighted by molar-refractivity contribution is 7.92. The summed E-state index contributed by atoms with van der Waals surface area (Å²) in [6.07, 6.45) is 0. The predicted octanol–water partition coefficient (Wildman–Crippen LogP) is 4.04. The minimum absolute atomic E-state index is 0.0845. The van der Waals surface area contributed by atoms with Crippen molar-refractivity contribution in [2.45, 2.75) is 17.9 Å². The first kappa shape index (κ1) is 18.2. The summed E-state index contributed by atoms with van der Waals surface area (Å²) in [5.74, 6) is -0.205. The summed E-state index contributed by atoms with van der Waals surface area (Å²) in [5.41, 5.74) is 0.868. The summed E-state index contributed by atoms with van der Waals surface area (Å²) in [5, 5.41) is 4.89. The Labute approximate surface area is 156 Å². The Hall–Kier alpha value is -2.64. The van der Waals surface area contributed by atoms with Gasteiger partial charge >= 0.3 is 0 Å². The normalized spacial score (nSPS) is 12.3. The summed E-state index contributed by atoms with van der Waals surface area (Å²) < 4.78 is 27.1. The molecule has 2 aromatic carbocycles. The third-order valence-corrected chi connectivity index (χ3v) is 6.22. The third-order valence-electron chi connectivity index (χ3n) is 3.77. The van der Waals surface area contributed by atoms with Crippen LogP contribution in [0.5, 0.6) is 0 Å². The number of hydrogen-bond acceptors (Lipinski definition) is 4. The lowest BCUT2D eigenvalue weighted by Crippen LogP contribution is -2.26. The van der Waals surface area contributed by atoms with Gasteiger partial charge in [-0.25, -0.2) is 8.42 Å².